The molecule has 1 aliphatic heterocycles. The van der Waals surface area contributed by atoms with E-state index in [4.69, 9.17) is 6.42 Å². The van der Waals surface area contributed by atoms with Gasteiger partial charge in [0.05, 0.1) is 5.92 Å². The molecule has 2 heteroatoms. The van der Waals surface area contributed by atoms with E-state index in [2.05, 4.69) is 5.92 Å². The van der Waals surface area contributed by atoms with Gasteiger partial charge in [-0.15, -0.1) is 6.42 Å². The zero-order valence-electron chi connectivity index (χ0n) is 5.04. The summed E-state index contributed by atoms with van der Waals surface area (Å²) in [4.78, 5) is 0. The van der Waals surface area contributed by atoms with Crippen molar-refractivity contribution in [2.24, 2.45) is 5.92 Å². The smallest absolute Gasteiger partial charge is 0.124 e. The van der Waals surface area contributed by atoms with E-state index in [9.17, 15) is 4.55 Å². The fourth-order valence-corrected chi connectivity index (χ4v) is 1.83. The summed E-state index contributed by atoms with van der Waals surface area (Å²) in [5, 5.41) is 1.72. The Bertz CT molecular complexity index is 157. The monoisotopic (exact) mass is 140 g/mol. The summed E-state index contributed by atoms with van der Waals surface area (Å²) >= 11 is -0.793. The minimum atomic E-state index is -0.793. The van der Waals surface area contributed by atoms with Crippen LogP contribution in [0.15, 0.2) is 11.5 Å². The number of hydrogen-bond donors (Lipinski definition) is 0. The van der Waals surface area contributed by atoms with Crippen molar-refractivity contribution in [3.63, 3.8) is 0 Å². The molecule has 48 valence electrons. The third-order valence-electron chi connectivity index (χ3n) is 1.27. The van der Waals surface area contributed by atoms with Crippen molar-refractivity contribution in [3.8, 4) is 12.3 Å². The second-order valence-electron chi connectivity index (χ2n) is 2.02. The number of hydrogen-bond acceptors (Lipinski definition) is 1. The molecule has 0 fully saturated rings. The van der Waals surface area contributed by atoms with Gasteiger partial charge in [-0.2, -0.15) is 0 Å². The number of allylic oxidation sites excluding steroid dienone is 1. The van der Waals surface area contributed by atoms with Gasteiger partial charge in [0.15, 0.2) is 0 Å². The minimum Gasteiger partial charge on any atom is -0.612 e. The summed E-state index contributed by atoms with van der Waals surface area (Å²) in [7, 11) is 0. The van der Waals surface area contributed by atoms with Gasteiger partial charge in [-0.25, -0.2) is 0 Å². The highest BCUT2D eigenvalue weighted by Gasteiger charge is 2.15. The molecular formula is C7H8OS. The SMILES string of the molecule is C#CC1CC=C[S+]([O-])C1. The molecule has 0 N–H and O–H groups in total. The summed E-state index contributed by atoms with van der Waals surface area (Å²) < 4.78 is 10.8. The highest BCUT2D eigenvalue weighted by atomic mass is 32.2. The van der Waals surface area contributed by atoms with Crippen LogP contribution in [-0.4, -0.2) is 10.3 Å². The molecule has 1 rings (SSSR count). The summed E-state index contributed by atoms with van der Waals surface area (Å²) in [6, 6.07) is 0. The van der Waals surface area contributed by atoms with Crippen LogP contribution in [0.4, 0.5) is 0 Å². The molecule has 0 saturated carbocycles. The van der Waals surface area contributed by atoms with Crippen LogP contribution in [0.25, 0.3) is 0 Å². The van der Waals surface area contributed by atoms with Crippen molar-refractivity contribution >= 4 is 11.2 Å². The Morgan fingerprint density at radius 2 is 2.56 bits per heavy atom. The minimum absolute atomic E-state index is 0.204. The van der Waals surface area contributed by atoms with Crippen LogP contribution in [0.3, 0.4) is 0 Å². The van der Waals surface area contributed by atoms with Gasteiger partial charge in [0.1, 0.15) is 11.2 Å². The lowest BCUT2D eigenvalue weighted by Crippen LogP contribution is -2.15. The first-order valence-electron chi connectivity index (χ1n) is 2.83. The maximum atomic E-state index is 10.8. The van der Waals surface area contributed by atoms with Crippen LogP contribution < -0.4 is 0 Å². The molecule has 0 aliphatic carbocycles. The van der Waals surface area contributed by atoms with Gasteiger partial charge in [0.2, 0.25) is 0 Å². The van der Waals surface area contributed by atoms with Crippen LogP contribution in [0, 0.1) is 18.3 Å². The van der Waals surface area contributed by atoms with Crippen LogP contribution >= 0.6 is 0 Å². The summed E-state index contributed by atoms with van der Waals surface area (Å²) in [5.74, 6) is 3.44. The molecule has 1 heterocycles. The molecule has 0 bridgehead atoms. The highest BCUT2D eigenvalue weighted by molar-refractivity contribution is 7.94. The van der Waals surface area contributed by atoms with Gasteiger partial charge < -0.3 is 4.55 Å². The second kappa shape index (κ2) is 2.95. The first-order valence-corrected chi connectivity index (χ1v) is 4.21. The van der Waals surface area contributed by atoms with E-state index in [1.165, 1.54) is 0 Å². The fourth-order valence-electron chi connectivity index (χ4n) is 0.765. The highest BCUT2D eigenvalue weighted by Crippen LogP contribution is 2.13. The Morgan fingerprint density at radius 1 is 1.78 bits per heavy atom. The van der Waals surface area contributed by atoms with Crippen LogP contribution in [-0.2, 0) is 11.2 Å². The molecule has 0 aromatic rings. The van der Waals surface area contributed by atoms with Crippen molar-refractivity contribution < 1.29 is 4.55 Å². The molecule has 2 atom stereocenters. The predicted molar refractivity (Wildman–Crippen MR) is 39.1 cm³/mol. The Hall–Kier alpha value is -0.390. The van der Waals surface area contributed by atoms with E-state index in [0.29, 0.717) is 5.75 Å². The van der Waals surface area contributed by atoms with Crippen molar-refractivity contribution in [3.05, 3.63) is 11.5 Å². The third-order valence-corrected chi connectivity index (χ3v) is 2.50. The average molecular weight is 140 g/mol. The van der Waals surface area contributed by atoms with Gasteiger partial charge in [-0.05, 0) is 23.7 Å². The largest absolute Gasteiger partial charge is 0.612 e. The molecular weight excluding hydrogens is 132 g/mol. The first-order chi connectivity index (χ1) is 4.33. The lowest BCUT2D eigenvalue weighted by atomic mass is 10.1. The molecule has 2 unspecified atom stereocenters. The van der Waals surface area contributed by atoms with Gasteiger partial charge in [-0.3, -0.25) is 0 Å². The summed E-state index contributed by atoms with van der Waals surface area (Å²) in [6.45, 7) is 0. The maximum absolute atomic E-state index is 10.8. The molecule has 0 saturated heterocycles. The molecule has 0 aromatic carbocycles. The second-order valence-corrected chi connectivity index (χ2v) is 3.39. The van der Waals surface area contributed by atoms with Gasteiger partial charge in [0.25, 0.3) is 0 Å². The molecule has 0 spiro atoms. The average Bonchev–Trinajstić information content (AvgIpc) is 1.88. The molecule has 0 aromatic heterocycles. The predicted octanol–water partition coefficient (Wildman–Crippen LogP) is 0.902. The zero-order chi connectivity index (χ0) is 6.69. The molecule has 9 heavy (non-hydrogen) atoms. The van der Waals surface area contributed by atoms with E-state index in [1.807, 2.05) is 6.08 Å². The standard InChI is InChI=1S/C7H8OS/c1-2-7-4-3-5-9(8)6-7/h1,3,5,7H,4,6H2. The fraction of sp³-hybridized carbons (Fsp3) is 0.429. The van der Waals surface area contributed by atoms with E-state index in [1.54, 1.807) is 5.41 Å². The zero-order valence-corrected chi connectivity index (χ0v) is 5.86. The van der Waals surface area contributed by atoms with E-state index in [0.717, 1.165) is 6.42 Å². The molecule has 0 radical (unpaired) electrons. The molecule has 1 nitrogen and oxygen atoms in total. The van der Waals surface area contributed by atoms with Crippen LogP contribution in [0.1, 0.15) is 6.42 Å². The van der Waals surface area contributed by atoms with E-state index in [-0.39, 0.29) is 5.92 Å². The van der Waals surface area contributed by atoms with Crippen molar-refractivity contribution in [2.75, 3.05) is 5.75 Å². The van der Waals surface area contributed by atoms with Crippen LogP contribution in [0.2, 0.25) is 0 Å². The normalized spacial score (nSPS) is 33.8. The molecule has 1 aliphatic rings. The van der Waals surface area contributed by atoms with Crippen molar-refractivity contribution in [1.82, 2.24) is 0 Å². The van der Waals surface area contributed by atoms with Crippen LogP contribution in [0.5, 0.6) is 0 Å². The Kier molecular flexibility index (Phi) is 2.21. The number of terminal acetylenes is 1. The third kappa shape index (κ3) is 1.78. The van der Waals surface area contributed by atoms with E-state index < -0.39 is 11.2 Å². The van der Waals surface area contributed by atoms with E-state index >= 15 is 0 Å². The van der Waals surface area contributed by atoms with Gasteiger partial charge in [0, 0.05) is 0 Å². The summed E-state index contributed by atoms with van der Waals surface area (Å²) in [6.07, 6.45) is 7.93. The Balaban J connectivity index is 2.50. The van der Waals surface area contributed by atoms with Crippen molar-refractivity contribution in [1.29, 1.82) is 0 Å². The lowest BCUT2D eigenvalue weighted by molar-refractivity contribution is 0.590. The maximum Gasteiger partial charge on any atom is 0.124 e. The molecule has 0 amide bonds. The first kappa shape index (κ1) is 6.73. The number of rotatable bonds is 0. The lowest BCUT2D eigenvalue weighted by Gasteiger charge is -2.13. The van der Waals surface area contributed by atoms with Gasteiger partial charge >= 0.3 is 0 Å². The quantitative estimate of drug-likeness (QED) is 0.362. The Morgan fingerprint density at radius 3 is 3.00 bits per heavy atom. The Labute approximate surface area is 58.3 Å². The van der Waals surface area contributed by atoms with Crippen molar-refractivity contribution in [2.45, 2.75) is 6.42 Å². The van der Waals surface area contributed by atoms with Gasteiger partial charge in [-0.1, -0.05) is 5.92 Å². The topological polar surface area (TPSA) is 23.1 Å². The summed E-state index contributed by atoms with van der Waals surface area (Å²) in [5.41, 5.74) is 0.